The Morgan fingerprint density at radius 2 is 1.62 bits per heavy atom. The summed E-state index contributed by atoms with van der Waals surface area (Å²) in [7, 11) is 0. The van der Waals surface area contributed by atoms with Gasteiger partial charge in [0.25, 0.3) is 0 Å². The van der Waals surface area contributed by atoms with Gasteiger partial charge in [0.2, 0.25) is 0 Å². The first-order valence-electron chi connectivity index (χ1n) is 9.28. The van der Waals surface area contributed by atoms with Crippen LogP contribution in [0, 0.1) is 0 Å². The predicted molar refractivity (Wildman–Crippen MR) is 107 cm³/mol. The van der Waals surface area contributed by atoms with Gasteiger partial charge in [0, 0.05) is 6.54 Å². The van der Waals surface area contributed by atoms with E-state index in [9.17, 15) is 13.2 Å². The summed E-state index contributed by atoms with van der Waals surface area (Å²) >= 11 is 0. The smallest absolute Gasteiger partial charge is 0.406 e. The molecule has 0 amide bonds. The summed E-state index contributed by atoms with van der Waals surface area (Å²) in [5.41, 5.74) is 5.24. The van der Waals surface area contributed by atoms with Crippen LogP contribution in [0.25, 0.3) is 11.1 Å². The molecule has 6 heteroatoms. The van der Waals surface area contributed by atoms with Crippen LogP contribution in [0.3, 0.4) is 0 Å². The van der Waals surface area contributed by atoms with E-state index in [1.807, 2.05) is 41.6 Å². The highest BCUT2D eigenvalue weighted by Gasteiger charge is 2.31. The molecular weight excluding hydrogens is 377 g/mol. The van der Waals surface area contributed by atoms with E-state index >= 15 is 0 Å². The molecule has 0 bridgehead atoms. The van der Waals surface area contributed by atoms with Crippen molar-refractivity contribution in [3.05, 3.63) is 89.5 Å². The van der Waals surface area contributed by atoms with Gasteiger partial charge in [-0.05, 0) is 52.4 Å². The number of halogens is 3. The standard InChI is InChI=1S/C23H19F3N2O/c24-23(25,26)29-22-10-8-18(9-11-22)19-6-7-20-15-27-28(16-21(20)14-19)13-12-17-4-2-1-3-5-17/h1-11,14-15H,12-13,16H2. The minimum atomic E-state index is -4.68. The lowest BCUT2D eigenvalue weighted by Gasteiger charge is -2.24. The number of fused-ring (bicyclic) bond motifs is 1. The Labute approximate surface area is 167 Å². The van der Waals surface area contributed by atoms with E-state index in [0.717, 1.165) is 35.2 Å². The Hall–Kier alpha value is -3.28. The molecule has 0 spiro atoms. The number of alkyl halides is 3. The molecule has 0 atom stereocenters. The molecule has 148 valence electrons. The van der Waals surface area contributed by atoms with E-state index in [1.54, 1.807) is 12.1 Å². The van der Waals surface area contributed by atoms with Gasteiger partial charge >= 0.3 is 6.36 Å². The van der Waals surface area contributed by atoms with Crippen molar-refractivity contribution < 1.29 is 17.9 Å². The largest absolute Gasteiger partial charge is 0.573 e. The normalized spacial score (nSPS) is 13.3. The maximum atomic E-state index is 12.3. The Balaban J connectivity index is 1.46. The maximum absolute atomic E-state index is 12.3. The van der Waals surface area contributed by atoms with E-state index in [2.05, 4.69) is 28.0 Å². The fourth-order valence-corrected chi connectivity index (χ4v) is 3.32. The van der Waals surface area contributed by atoms with Gasteiger partial charge in [-0.1, -0.05) is 54.6 Å². The van der Waals surface area contributed by atoms with E-state index in [-0.39, 0.29) is 5.75 Å². The molecule has 0 fully saturated rings. The highest BCUT2D eigenvalue weighted by atomic mass is 19.4. The third-order valence-corrected chi connectivity index (χ3v) is 4.78. The molecule has 29 heavy (non-hydrogen) atoms. The zero-order chi connectivity index (χ0) is 20.3. The Bertz CT molecular complexity index is 999. The first-order valence-corrected chi connectivity index (χ1v) is 9.28. The number of hydrazone groups is 1. The lowest BCUT2D eigenvalue weighted by atomic mass is 9.98. The first-order chi connectivity index (χ1) is 14.0. The molecular formula is C23H19F3N2O. The van der Waals surface area contributed by atoms with Gasteiger partial charge < -0.3 is 4.74 Å². The third kappa shape index (κ3) is 4.96. The molecule has 4 rings (SSSR count). The molecule has 3 aromatic rings. The Morgan fingerprint density at radius 1 is 0.897 bits per heavy atom. The molecule has 3 aromatic carbocycles. The predicted octanol–water partition coefficient (Wildman–Crippen LogP) is 5.64. The highest BCUT2D eigenvalue weighted by molar-refractivity contribution is 5.84. The van der Waals surface area contributed by atoms with Crippen molar-refractivity contribution in [1.82, 2.24) is 5.01 Å². The number of nitrogens with zero attached hydrogens (tertiary/aromatic N) is 2. The van der Waals surface area contributed by atoms with Crippen molar-refractivity contribution in [3.63, 3.8) is 0 Å². The van der Waals surface area contributed by atoms with Crippen molar-refractivity contribution in [2.45, 2.75) is 19.3 Å². The molecule has 1 aliphatic rings. The highest BCUT2D eigenvalue weighted by Crippen LogP contribution is 2.28. The van der Waals surface area contributed by atoms with E-state index in [1.165, 1.54) is 17.7 Å². The van der Waals surface area contributed by atoms with Crippen molar-refractivity contribution in [3.8, 4) is 16.9 Å². The number of rotatable bonds is 5. The van der Waals surface area contributed by atoms with Gasteiger partial charge in [0.05, 0.1) is 12.8 Å². The van der Waals surface area contributed by atoms with Gasteiger partial charge in [-0.3, -0.25) is 5.01 Å². The monoisotopic (exact) mass is 396 g/mol. The Kier molecular flexibility index (Phi) is 5.25. The number of benzene rings is 3. The summed E-state index contributed by atoms with van der Waals surface area (Å²) in [6, 6.07) is 22.2. The molecule has 3 nitrogen and oxygen atoms in total. The second-order valence-corrected chi connectivity index (χ2v) is 6.85. The van der Waals surface area contributed by atoms with Crippen molar-refractivity contribution >= 4 is 6.21 Å². The van der Waals surface area contributed by atoms with Gasteiger partial charge in [-0.2, -0.15) is 5.10 Å². The fraction of sp³-hybridized carbons (Fsp3) is 0.174. The number of hydrogen-bond acceptors (Lipinski definition) is 3. The van der Waals surface area contributed by atoms with Gasteiger partial charge in [-0.25, -0.2) is 0 Å². The molecule has 1 aliphatic heterocycles. The molecule has 0 unspecified atom stereocenters. The van der Waals surface area contributed by atoms with Crippen LogP contribution in [0.2, 0.25) is 0 Å². The summed E-state index contributed by atoms with van der Waals surface area (Å²) < 4.78 is 40.9. The molecule has 0 aliphatic carbocycles. The molecule has 0 aromatic heterocycles. The average Bonchev–Trinajstić information content (AvgIpc) is 2.72. The van der Waals surface area contributed by atoms with Gasteiger partial charge in [0.15, 0.2) is 0 Å². The summed E-state index contributed by atoms with van der Waals surface area (Å²) in [6.45, 7) is 1.51. The first kappa shape index (κ1) is 19.1. The summed E-state index contributed by atoms with van der Waals surface area (Å²) in [5, 5.41) is 6.55. The zero-order valence-electron chi connectivity index (χ0n) is 15.6. The van der Waals surface area contributed by atoms with E-state index in [4.69, 9.17) is 0 Å². The zero-order valence-corrected chi connectivity index (χ0v) is 15.6. The summed E-state index contributed by atoms with van der Waals surface area (Å²) in [4.78, 5) is 0. The van der Waals surface area contributed by atoms with Crippen LogP contribution in [-0.2, 0) is 13.0 Å². The van der Waals surface area contributed by atoms with Crippen LogP contribution in [0.4, 0.5) is 13.2 Å². The minimum absolute atomic E-state index is 0.224. The van der Waals surface area contributed by atoms with Crippen LogP contribution in [-0.4, -0.2) is 24.1 Å². The summed E-state index contributed by atoms with van der Waals surface area (Å²) in [6.07, 6.45) is -1.92. The quantitative estimate of drug-likeness (QED) is 0.557. The molecule has 1 heterocycles. The van der Waals surface area contributed by atoms with Crippen LogP contribution in [0.15, 0.2) is 77.9 Å². The second kappa shape index (κ2) is 7.99. The van der Waals surface area contributed by atoms with E-state index in [0.29, 0.717) is 6.54 Å². The summed E-state index contributed by atoms with van der Waals surface area (Å²) in [5.74, 6) is -0.224. The van der Waals surface area contributed by atoms with Gasteiger partial charge in [0.1, 0.15) is 5.75 Å². The second-order valence-electron chi connectivity index (χ2n) is 6.85. The number of ether oxygens (including phenoxy) is 1. The molecule has 0 radical (unpaired) electrons. The average molecular weight is 396 g/mol. The van der Waals surface area contributed by atoms with Crippen LogP contribution < -0.4 is 4.74 Å². The lowest BCUT2D eigenvalue weighted by Crippen LogP contribution is -2.24. The van der Waals surface area contributed by atoms with Gasteiger partial charge in [-0.15, -0.1) is 13.2 Å². The fourth-order valence-electron chi connectivity index (χ4n) is 3.32. The van der Waals surface area contributed by atoms with Crippen molar-refractivity contribution in [2.24, 2.45) is 5.10 Å². The third-order valence-electron chi connectivity index (χ3n) is 4.78. The van der Waals surface area contributed by atoms with Crippen molar-refractivity contribution in [2.75, 3.05) is 6.54 Å². The molecule has 0 N–H and O–H groups in total. The number of hydrogen-bond donors (Lipinski definition) is 0. The van der Waals surface area contributed by atoms with Crippen LogP contribution >= 0.6 is 0 Å². The molecule has 0 saturated carbocycles. The lowest BCUT2D eigenvalue weighted by molar-refractivity contribution is -0.274. The SMILES string of the molecule is FC(F)(F)Oc1ccc(-c2ccc3c(c2)CN(CCc2ccccc2)N=C3)cc1. The topological polar surface area (TPSA) is 24.8 Å². The Morgan fingerprint density at radius 3 is 2.34 bits per heavy atom. The minimum Gasteiger partial charge on any atom is -0.406 e. The molecule has 0 saturated heterocycles. The van der Waals surface area contributed by atoms with Crippen LogP contribution in [0.1, 0.15) is 16.7 Å². The van der Waals surface area contributed by atoms with Crippen LogP contribution in [0.5, 0.6) is 5.75 Å². The maximum Gasteiger partial charge on any atom is 0.573 e. The van der Waals surface area contributed by atoms with E-state index < -0.39 is 6.36 Å². The van der Waals surface area contributed by atoms with Crippen molar-refractivity contribution in [1.29, 1.82) is 0 Å².